The van der Waals surface area contributed by atoms with Crippen LogP contribution in [-0.4, -0.2) is 38.6 Å². The first-order valence-electron chi connectivity index (χ1n) is 10.4. The van der Waals surface area contributed by atoms with Crippen LogP contribution in [0.25, 0.3) is 5.82 Å². The molecular weight excluding hydrogens is 473 g/mol. The zero-order valence-electron chi connectivity index (χ0n) is 18.2. The molecule has 8 nitrogen and oxygen atoms in total. The molecule has 4 rings (SSSR count). The summed E-state index contributed by atoms with van der Waals surface area (Å²) in [5.41, 5.74) is -0.621. The SMILES string of the molecule is C[C@H](NC(=O)c1cc(Cl)cc(C(F)(F)F)c1)c1ncnn1-c1ccc(N(C)C(=O)C2CC2)cn1. The van der Waals surface area contributed by atoms with E-state index in [0.29, 0.717) is 17.3 Å². The number of anilines is 1. The molecule has 2 aromatic heterocycles. The molecule has 1 aromatic carbocycles. The van der Waals surface area contributed by atoms with Gasteiger partial charge in [-0.05, 0) is 50.1 Å². The zero-order chi connectivity index (χ0) is 24.6. The van der Waals surface area contributed by atoms with Gasteiger partial charge in [-0.1, -0.05) is 11.6 Å². The molecule has 0 bridgehead atoms. The van der Waals surface area contributed by atoms with Gasteiger partial charge in [-0.25, -0.2) is 9.97 Å². The molecule has 1 aliphatic carbocycles. The lowest BCUT2D eigenvalue weighted by Crippen LogP contribution is -2.29. The predicted molar refractivity (Wildman–Crippen MR) is 118 cm³/mol. The minimum atomic E-state index is -4.64. The predicted octanol–water partition coefficient (Wildman–Crippen LogP) is 4.20. The quantitative estimate of drug-likeness (QED) is 0.556. The van der Waals surface area contributed by atoms with Gasteiger partial charge in [0, 0.05) is 23.6 Å². The molecule has 1 saturated carbocycles. The lowest BCUT2D eigenvalue weighted by atomic mass is 10.1. The molecule has 34 heavy (non-hydrogen) atoms. The maximum absolute atomic E-state index is 13.1. The molecule has 12 heteroatoms. The number of benzene rings is 1. The van der Waals surface area contributed by atoms with Crippen molar-refractivity contribution in [2.75, 3.05) is 11.9 Å². The molecule has 3 aromatic rings. The van der Waals surface area contributed by atoms with Gasteiger partial charge in [0.1, 0.15) is 6.33 Å². The molecule has 2 heterocycles. The van der Waals surface area contributed by atoms with Crippen molar-refractivity contribution in [3.63, 3.8) is 0 Å². The van der Waals surface area contributed by atoms with E-state index in [2.05, 4.69) is 20.4 Å². The lowest BCUT2D eigenvalue weighted by molar-refractivity contribution is -0.137. The summed E-state index contributed by atoms with van der Waals surface area (Å²) >= 11 is 5.78. The van der Waals surface area contributed by atoms with Gasteiger partial charge in [-0.3, -0.25) is 9.59 Å². The number of nitrogens with zero attached hydrogens (tertiary/aromatic N) is 5. The van der Waals surface area contributed by atoms with Gasteiger partial charge in [0.25, 0.3) is 5.91 Å². The number of carbonyl (C=O) groups is 2. The van der Waals surface area contributed by atoms with Crippen molar-refractivity contribution in [3.05, 3.63) is 64.8 Å². The van der Waals surface area contributed by atoms with E-state index in [9.17, 15) is 22.8 Å². The Kier molecular flexibility index (Phi) is 6.30. The van der Waals surface area contributed by atoms with Crippen molar-refractivity contribution in [1.29, 1.82) is 0 Å². The smallest absolute Gasteiger partial charge is 0.342 e. The Bertz CT molecular complexity index is 1220. The van der Waals surface area contributed by atoms with Crippen LogP contribution in [0.5, 0.6) is 0 Å². The van der Waals surface area contributed by atoms with Gasteiger partial charge < -0.3 is 10.2 Å². The van der Waals surface area contributed by atoms with E-state index in [1.807, 2.05) is 0 Å². The normalized spacial score (nSPS) is 14.5. The van der Waals surface area contributed by atoms with E-state index in [4.69, 9.17) is 11.6 Å². The second kappa shape index (κ2) is 9.05. The first-order chi connectivity index (χ1) is 16.0. The van der Waals surface area contributed by atoms with Gasteiger partial charge in [0.2, 0.25) is 5.91 Å². The van der Waals surface area contributed by atoms with Crippen molar-refractivity contribution in [1.82, 2.24) is 25.1 Å². The highest BCUT2D eigenvalue weighted by atomic mass is 35.5. The molecule has 0 saturated heterocycles. The minimum absolute atomic E-state index is 0.0435. The second-order valence-corrected chi connectivity index (χ2v) is 8.43. The average Bonchev–Trinajstić information content (AvgIpc) is 3.53. The van der Waals surface area contributed by atoms with E-state index in [-0.39, 0.29) is 22.4 Å². The van der Waals surface area contributed by atoms with E-state index in [1.54, 1.807) is 31.0 Å². The summed E-state index contributed by atoms with van der Waals surface area (Å²) in [6, 6.07) is 5.31. The molecule has 0 radical (unpaired) electrons. The van der Waals surface area contributed by atoms with Crippen LogP contribution in [0.4, 0.5) is 18.9 Å². The summed E-state index contributed by atoms with van der Waals surface area (Å²) in [6.45, 7) is 1.62. The number of rotatable bonds is 6. The van der Waals surface area contributed by atoms with Crippen molar-refractivity contribution in [3.8, 4) is 5.82 Å². The molecule has 2 amide bonds. The largest absolute Gasteiger partial charge is 0.416 e. The standard InChI is InChI=1S/C22H20ClF3N6O2/c1-12(30-20(33)14-7-15(22(24,25)26)9-16(23)8-14)19-28-11-29-32(19)18-6-5-17(10-27-18)31(2)21(34)13-3-4-13/h5-13H,3-4H2,1-2H3,(H,30,33)/t12-/m0/s1. The van der Waals surface area contributed by atoms with Crippen LogP contribution in [0.15, 0.2) is 42.9 Å². The highest BCUT2D eigenvalue weighted by molar-refractivity contribution is 6.31. The number of alkyl halides is 3. The Morgan fingerprint density at radius 1 is 1.21 bits per heavy atom. The third-order valence-corrected chi connectivity index (χ3v) is 5.61. The second-order valence-electron chi connectivity index (χ2n) is 8.00. The van der Waals surface area contributed by atoms with E-state index in [1.165, 1.54) is 17.2 Å². The monoisotopic (exact) mass is 492 g/mol. The number of hydrogen-bond acceptors (Lipinski definition) is 5. The van der Waals surface area contributed by atoms with Gasteiger partial charge in [0.05, 0.1) is 23.5 Å². The van der Waals surface area contributed by atoms with E-state index in [0.717, 1.165) is 31.0 Å². The van der Waals surface area contributed by atoms with Gasteiger partial charge in [-0.2, -0.15) is 23.0 Å². The summed E-state index contributed by atoms with van der Waals surface area (Å²) in [5.74, 6) is 0.0733. The number of hydrogen-bond donors (Lipinski definition) is 1. The molecule has 0 aliphatic heterocycles. The third-order valence-electron chi connectivity index (χ3n) is 5.39. The Labute approximate surface area is 197 Å². The number of carbonyl (C=O) groups excluding carboxylic acids is 2. The van der Waals surface area contributed by atoms with Crippen molar-refractivity contribution in [2.45, 2.75) is 32.0 Å². The summed E-state index contributed by atoms with van der Waals surface area (Å²) in [6.07, 6.45) is -0.0338. The Morgan fingerprint density at radius 2 is 1.94 bits per heavy atom. The van der Waals surface area contributed by atoms with Crippen molar-refractivity contribution in [2.24, 2.45) is 5.92 Å². The maximum atomic E-state index is 13.1. The highest BCUT2D eigenvalue weighted by Gasteiger charge is 2.33. The Hall–Kier alpha value is -3.47. The lowest BCUT2D eigenvalue weighted by Gasteiger charge is -2.18. The molecule has 1 aliphatic rings. The van der Waals surface area contributed by atoms with Crippen LogP contribution in [0.1, 0.15) is 47.6 Å². The molecule has 1 atom stereocenters. The first kappa shape index (κ1) is 23.7. The van der Waals surface area contributed by atoms with Crippen LogP contribution in [-0.2, 0) is 11.0 Å². The molecular formula is C22H20ClF3N6O2. The van der Waals surface area contributed by atoms with Crippen molar-refractivity contribution < 1.29 is 22.8 Å². The molecule has 0 spiro atoms. The first-order valence-corrected chi connectivity index (χ1v) is 10.7. The molecule has 1 N–H and O–H groups in total. The number of aromatic nitrogens is 4. The van der Waals surface area contributed by atoms with Crippen LogP contribution >= 0.6 is 11.6 Å². The van der Waals surface area contributed by atoms with Crippen LogP contribution in [0.2, 0.25) is 5.02 Å². The van der Waals surface area contributed by atoms with Crippen LogP contribution in [0.3, 0.4) is 0 Å². The van der Waals surface area contributed by atoms with E-state index >= 15 is 0 Å². The fraction of sp³-hybridized carbons (Fsp3) is 0.318. The van der Waals surface area contributed by atoms with Gasteiger partial charge in [-0.15, -0.1) is 0 Å². The average molecular weight is 493 g/mol. The minimum Gasteiger partial charge on any atom is -0.342 e. The van der Waals surface area contributed by atoms with Crippen LogP contribution < -0.4 is 10.2 Å². The molecule has 178 valence electrons. The van der Waals surface area contributed by atoms with Crippen LogP contribution in [0, 0.1) is 5.92 Å². The van der Waals surface area contributed by atoms with E-state index < -0.39 is 23.7 Å². The summed E-state index contributed by atoms with van der Waals surface area (Å²) in [5, 5.41) is 6.54. The number of amides is 2. The molecule has 0 unspecified atom stereocenters. The number of pyridine rings is 1. The molecule has 1 fully saturated rings. The van der Waals surface area contributed by atoms with Crippen molar-refractivity contribution >= 4 is 29.1 Å². The zero-order valence-corrected chi connectivity index (χ0v) is 18.9. The van der Waals surface area contributed by atoms with Gasteiger partial charge in [0.15, 0.2) is 11.6 Å². The number of halogens is 4. The number of nitrogens with one attached hydrogen (secondary N) is 1. The summed E-state index contributed by atoms with van der Waals surface area (Å²) in [4.78, 5) is 34.9. The Morgan fingerprint density at radius 3 is 2.56 bits per heavy atom. The third kappa shape index (κ3) is 5.04. The van der Waals surface area contributed by atoms with Gasteiger partial charge >= 0.3 is 6.18 Å². The summed E-state index contributed by atoms with van der Waals surface area (Å²) in [7, 11) is 1.69. The highest BCUT2D eigenvalue weighted by Crippen LogP contribution is 2.33. The summed E-state index contributed by atoms with van der Waals surface area (Å²) < 4.78 is 40.6. The maximum Gasteiger partial charge on any atom is 0.416 e. The fourth-order valence-electron chi connectivity index (χ4n) is 3.38. The topological polar surface area (TPSA) is 93.0 Å². The Balaban J connectivity index is 1.51. The fourth-order valence-corrected chi connectivity index (χ4v) is 3.62.